The second-order valence-corrected chi connectivity index (χ2v) is 6.14. The van der Waals surface area contributed by atoms with Crippen molar-refractivity contribution < 1.29 is 0 Å². The van der Waals surface area contributed by atoms with Gasteiger partial charge in [0, 0.05) is 24.6 Å². The van der Waals surface area contributed by atoms with Gasteiger partial charge in [-0.05, 0) is 17.9 Å². The summed E-state index contributed by atoms with van der Waals surface area (Å²) >= 11 is 0. The standard InChI is InChI=1S/C16H18N2O/c1-11-6-4-5-7-12(11)13-8-15(19)18-10-16(2,3)9-14(18)17-13/h4-8H,9-10H2,1-3H3. The van der Waals surface area contributed by atoms with Crippen LogP contribution >= 0.6 is 0 Å². The van der Waals surface area contributed by atoms with E-state index in [-0.39, 0.29) is 11.0 Å². The minimum absolute atomic E-state index is 0.0637. The SMILES string of the molecule is Cc1ccccc1-c1cc(=O)n2c(n1)CC(C)(C)C2. The molecule has 1 aliphatic heterocycles. The summed E-state index contributed by atoms with van der Waals surface area (Å²) in [7, 11) is 0. The Bertz CT molecular complexity index is 698. The summed E-state index contributed by atoms with van der Waals surface area (Å²) in [5.74, 6) is 0.913. The zero-order valence-electron chi connectivity index (χ0n) is 11.6. The van der Waals surface area contributed by atoms with Gasteiger partial charge in [-0.15, -0.1) is 0 Å². The number of fused-ring (bicyclic) bond motifs is 1. The summed E-state index contributed by atoms with van der Waals surface area (Å²) in [6, 6.07) is 9.72. The molecule has 3 rings (SSSR count). The molecule has 0 aliphatic carbocycles. The first kappa shape index (κ1) is 12.2. The van der Waals surface area contributed by atoms with Gasteiger partial charge in [0.1, 0.15) is 5.82 Å². The van der Waals surface area contributed by atoms with E-state index in [2.05, 4.69) is 13.8 Å². The van der Waals surface area contributed by atoms with Crippen LogP contribution in [0, 0.1) is 12.3 Å². The van der Waals surface area contributed by atoms with Gasteiger partial charge >= 0.3 is 0 Å². The van der Waals surface area contributed by atoms with Gasteiger partial charge in [0.15, 0.2) is 0 Å². The van der Waals surface area contributed by atoms with E-state index < -0.39 is 0 Å². The lowest BCUT2D eigenvalue weighted by Crippen LogP contribution is -2.22. The topological polar surface area (TPSA) is 34.9 Å². The predicted molar refractivity (Wildman–Crippen MR) is 76.2 cm³/mol. The number of benzene rings is 1. The molecule has 0 bridgehead atoms. The number of rotatable bonds is 1. The Labute approximate surface area is 112 Å². The van der Waals surface area contributed by atoms with Crippen LogP contribution in [0.15, 0.2) is 35.1 Å². The van der Waals surface area contributed by atoms with E-state index in [1.165, 1.54) is 0 Å². The fourth-order valence-electron chi connectivity index (χ4n) is 2.77. The van der Waals surface area contributed by atoms with Crippen molar-refractivity contribution in [3.05, 3.63) is 52.1 Å². The van der Waals surface area contributed by atoms with Gasteiger partial charge in [0.2, 0.25) is 0 Å². The van der Waals surface area contributed by atoms with Crippen LogP contribution in [-0.2, 0) is 13.0 Å². The summed E-state index contributed by atoms with van der Waals surface area (Å²) in [4.78, 5) is 16.9. The highest BCUT2D eigenvalue weighted by molar-refractivity contribution is 5.62. The maximum atomic E-state index is 12.2. The summed E-state index contributed by atoms with van der Waals surface area (Å²) in [5, 5.41) is 0. The lowest BCUT2D eigenvalue weighted by Gasteiger charge is -2.13. The molecular formula is C16H18N2O. The van der Waals surface area contributed by atoms with Crippen LogP contribution in [-0.4, -0.2) is 9.55 Å². The first-order chi connectivity index (χ1) is 8.96. The Balaban J connectivity index is 2.16. The maximum Gasteiger partial charge on any atom is 0.254 e. The molecule has 2 aromatic rings. The normalized spacial score (nSPS) is 16.4. The highest BCUT2D eigenvalue weighted by atomic mass is 16.1. The van der Waals surface area contributed by atoms with Crippen LogP contribution in [0.1, 0.15) is 25.2 Å². The van der Waals surface area contributed by atoms with Gasteiger partial charge in [-0.2, -0.15) is 0 Å². The second-order valence-electron chi connectivity index (χ2n) is 6.14. The molecule has 0 saturated carbocycles. The monoisotopic (exact) mass is 254 g/mol. The van der Waals surface area contributed by atoms with E-state index >= 15 is 0 Å². The average Bonchev–Trinajstić information content (AvgIpc) is 2.64. The molecule has 2 heterocycles. The smallest absolute Gasteiger partial charge is 0.254 e. The quantitative estimate of drug-likeness (QED) is 0.784. The first-order valence-electron chi connectivity index (χ1n) is 6.63. The zero-order valence-corrected chi connectivity index (χ0v) is 11.6. The van der Waals surface area contributed by atoms with Crippen molar-refractivity contribution in [1.82, 2.24) is 9.55 Å². The molecule has 98 valence electrons. The third kappa shape index (κ3) is 2.09. The van der Waals surface area contributed by atoms with Crippen molar-refractivity contribution >= 4 is 0 Å². The third-order valence-electron chi connectivity index (χ3n) is 3.73. The molecule has 1 aromatic carbocycles. The third-order valence-corrected chi connectivity index (χ3v) is 3.73. The summed E-state index contributed by atoms with van der Waals surface area (Å²) in [6.07, 6.45) is 0.863. The lowest BCUT2D eigenvalue weighted by atomic mass is 9.92. The second kappa shape index (κ2) is 4.05. The van der Waals surface area contributed by atoms with Crippen molar-refractivity contribution in [3.8, 4) is 11.3 Å². The van der Waals surface area contributed by atoms with Crippen LogP contribution < -0.4 is 5.56 Å². The van der Waals surface area contributed by atoms with Crippen LogP contribution in [0.2, 0.25) is 0 Å². The van der Waals surface area contributed by atoms with Crippen molar-refractivity contribution in [2.75, 3.05) is 0 Å². The van der Waals surface area contributed by atoms with Gasteiger partial charge in [0.25, 0.3) is 5.56 Å². The molecule has 0 unspecified atom stereocenters. The highest BCUT2D eigenvalue weighted by Crippen LogP contribution is 2.30. The van der Waals surface area contributed by atoms with Gasteiger partial charge in [-0.1, -0.05) is 38.1 Å². The number of aromatic nitrogens is 2. The Hall–Kier alpha value is -1.90. The molecular weight excluding hydrogens is 236 g/mol. The minimum Gasteiger partial charge on any atom is -0.296 e. The average molecular weight is 254 g/mol. The molecule has 0 radical (unpaired) electrons. The molecule has 0 spiro atoms. The molecule has 19 heavy (non-hydrogen) atoms. The Morgan fingerprint density at radius 1 is 1.26 bits per heavy atom. The van der Waals surface area contributed by atoms with E-state index in [0.29, 0.717) is 0 Å². The first-order valence-corrected chi connectivity index (χ1v) is 6.63. The number of nitrogens with zero attached hydrogens (tertiary/aromatic N) is 2. The summed E-state index contributed by atoms with van der Waals surface area (Å²) in [5.41, 5.74) is 3.19. The van der Waals surface area contributed by atoms with E-state index in [1.54, 1.807) is 6.07 Å². The fourth-order valence-corrected chi connectivity index (χ4v) is 2.77. The van der Waals surface area contributed by atoms with Crippen LogP contribution in [0.3, 0.4) is 0 Å². The molecule has 0 N–H and O–H groups in total. The highest BCUT2D eigenvalue weighted by Gasteiger charge is 2.30. The van der Waals surface area contributed by atoms with Crippen molar-refractivity contribution in [3.63, 3.8) is 0 Å². The van der Waals surface area contributed by atoms with E-state index in [9.17, 15) is 4.79 Å². The van der Waals surface area contributed by atoms with Crippen molar-refractivity contribution in [2.45, 2.75) is 33.7 Å². The molecule has 0 saturated heterocycles. The number of aryl methyl sites for hydroxylation is 1. The molecule has 0 amide bonds. The number of hydrogen-bond acceptors (Lipinski definition) is 2. The molecule has 3 heteroatoms. The van der Waals surface area contributed by atoms with Crippen molar-refractivity contribution in [2.24, 2.45) is 5.41 Å². The Kier molecular flexibility index (Phi) is 2.59. The molecule has 0 atom stereocenters. The van der Waals surface area contributed by atoms with E-state index in [1.807, 2.05) is 35.8 Å². The molecule has 0 fully saturated rings. The zero-order chi connectivity index (χ0) is 13.6. The largest absolute Gasteiger partial charge is 0.296 e. The Morgan fingerprint density at radius 2 is 2.00 bits per heavy atom. The minimum atomic E-state index is 0.0637. The predicted octanol–water partition coefficient (Wildman–Crippen LogP) is 2.80. The van der Waals surface area contributed by atoms with Crippen LogP contribution in [0.4, 0.5) is 0 Å². The van der Waals surface area contributed by atoms with E-state index in [4.69, 9.17) is 4.98 Å². The van der Waals surface area contributed by atoms with Gasteiger partial charge in [0.05, 0.1) is 5.69 Å². The van der Waals surface area contributed by atoms with Crippen LogP contribution in [0.5, 0.6) is 0 Å². The number of hydrogen-bond donors (Lipinski definition) is 0. The summed E-state index contributed by atoms with van der Waals surface area (Å²) < 4.78 is 1.81. The molecule has 1 aliphatic rings. The molecule has 1 aromatic heterocycles. The van der Waals surface area contributed by atoms with Gasteiger partial charge in [-0.3, -0.25) is 9.36 Å². The fraction of sp³-hybridized carbons (Fsp3) is 0.375. The lowest BCUT2D eigenvalue weighted by molar-refractivity contribution is 0.357. The van der Waals surface area contributed by atoms with Crippen molar-refractivity contribution in [1.29, 1.82) is 0 Å². The Morgan fingerprint density at radius 3 is 2.74 bits per heavy atom. The van der Waals surface area contributed by atoms with Gasteiger partial charge in [-0.25, -0.2) is 4.98 Å². The van der Waals surface area contributed by atoms with Crippen LogP contribution in [0.25, 0.3) is 11.3 Å². The van der Waals surface area contributed by atoms with Gasteiger partial charge < -0.3 is 0 Å². The summed E-state index contributed by atoms with van der Waals surface area (Å²) in [6.45, 7) is 7.16. The van der Waals surface area contributed by atoms with E-state index in [0.717, 1.165) is 35.6 Å². The molecule has 3 nitrogen and oxygen atoms in total. The maximum absolute atomic E-state index is 12.2.